The molecule has 2 aromatic carbocycles. The first kappa shape index (κ1) is 18.3. The van der Waals surface area contributed by atoms with Crippen molar-refractivity contribution in [3.63, 3.8) is 0 Å². The van der Waals surface area contributed by atoms with E-state index in [2.05, 4.69) is 0 Å². The molecule has 1 atom stereocenters. The largest absolute Gasteiger partial charge is 0.472 e. The highest BCUT2D eigenvalue weighted by molar-refractivity contribution is 5.56. The van der Waals surface area contributed by atoms with Gasteiger partial charge in [0.05, 0.1) is 5.56 Å². The molecule has 0 aliphatic carbocycles. The molecule has 0 bridgehead atoms. The van der Waals surface area contributed by atoms with Crippen molar-refractivity contribution in [2.45, 2.75) is 30.8 Å². The quantitative estimate of drug-likeness (QED) is 0.568. The molecule has 0 spiro atoms. The normalized spacial score (nSPS) is 19.8. The highest BCUT2D eigenvalue weighted by atomic mass is 19.4. The lowest BCUT2D eigenvalue weighted by atomic mass is 9.87. The van der Waals surface area contributed by atoms with Gasteiger partial charge in [-0.05, 0) is 29.3 Å². The summed E-state index contributed by atoms with van der Waals surface area (Å²) in [5, 5.41) is 0. The van der Waals surface area contributed by atoms with E-state index in [1.165, 1.54) is 18.2 Å². The van der Waals surface area contributed by atoms with Gasteiger partial charge >= 0.3 is 12.4 Å². The first-order valence-corrected chi connectivity index (χ1v) is 7.56. The van der Waals surface area contributed by atoms with Crippen LogP contribution in [-0.2, 0) is 29.4 Å². The lowest BCUT2D eigenvalue weighted by Crippen LogP contribution is -2.46. The van der Waals surface area contributed by atoms with Gasteiger partial charge in [-0.15, -0.1) is 0 Å². The molecule has 0 aromatic heterocycles. The van der Waals surface area contributed by atoms with Crippen molar-refractivity contribution in [1.82, 2.24) is 0 Å². The molecule has 138 valence electrons. The van der Waals surface area contributed by atoms with E-state index in [4.69, 9.17) is 4.74 Å². The molecular weight excluding hydrogens is 362 g/mol. The Morgan fingerprint density at radius 3 is 2.38 bits per heavy atom. The van der Waals surface area contributed by atoms with E-state index >= 15 is 0 Å². The Morgan fingerprint density at radius 1 is 1.04 bits per heavy atom. The van der Waals surface area contributed by atoms with Crippen molar-refractivity contribution in [1.29, 1.82) is 0 Å². The molecule has 0 N–H and O–H groups in total. The number of rotatable bonds is 3. The summed E-state index contributed by atoms with van der Waals surface area (Å²) >= 11 is 0. The van der Waals surface area contributed by atoms with Crippen LogP contribution < -0.4 is 4.74 Å². The standard InChI is InChI=1S/C18H12F6O2/c19-17(20,21)14-3-1-2-13(9-14)16(18(22,23)24)10-12-8-11(6-7-25)4-5-15(12)26-16/h1-5,7-9H,6,10H2. The summed E-state index contributed by atoms with van der Waals surface area (Å²) in [6, 6.07) is 7.23. The lowest BCUT2D eigenvalue weighted by Gasteiger charge is -2.32. The summed E-state index contributed by atoms with van der Waals surface area (Å²) < 4.78 is 85.6. The van der Waals surface area contributed by atoms with Crippen LogP contribution in [-0.4, -0.2) is 12.5 Å². The number of carbonyl (C=O) groups excluding carboxylic acids is 1. The number of hydrogen-bond acceptors (Lipinski definition) is 2. The molecule has 8 heteroatoms. The van der Waals surface area contributed by atoms with Gasteiger partial charge in [-0.25, -0.2) is 0 Å². The summed E-state index contributed by atoms with van der Waals surface area (Å²) in [7, 11) is 0. The number of alkyl halides is 6. The van der Waals surface area contributed by atoms with Gasteiger partial charge in [-0.3, -0.25) is 0 Å². The Balaban J connectivity index is 2.10. The van der Waals surface area contributed by atoms with Gasteiger partial charge in [-0.2, -0.15) is 26.3 Å². The number of aldehydes is 1. The first-order chi connectivity index (χ1) is 12.1. The lowest BCUT2D eigenvalue weighted by molar-refractivity contribution is -0.248. The second kappa shape index (κ2) is 6.03. The van der Waals surface area contributed by atoms with Crippen LogP contribution in [0.2, 0.25) is 0 Å². The second-order valence-corrected chi connectivity index (χ2v) is 6.00. The fourth-order valence-electron chi connectivity index (χ4n) is 3.02. The fraction of sp³-hybridized carbons (Fsp3) is 0.278. The van der Waals surface area contributed by atoms with Crippen LogP contribution >= 0.6 is 0 Å². The Labute approximate surface area is 144 Å². The van der Waals surface area contributed by atoms with Crippen LogP contribution in [0, 0.1) is 0 Å². The van der Waals surface area contributed by atoms with Crippen LogP contribution in [0.15, 0.2) is 42.5 Å². The predicted molar refractivity (Wildman–Crippen MR) is 79.7 cm³/mol. The molecule has 2 nitrogen and oxygen atoms in total. The summed E-state index contributed by atoms with van der Waals surface area (Å²) in [5.41, 5.74) is -4.01. The second-order valence-electron chi connectivity index (χ2n) is 6.00. The maximum atomic E-state index is 13.9. The molecule has 0 amide bonds. The molecule has 2 aromatic rings. The van der Waals surface area contributed by atoms with Crippen molar-refractivity contribution < 1.29 is 35.9 Å². The van der Waals surface area contributed by atoms with E-state index in [1.807, 2.05) is 0 Å². The number of ether oxygens (including phenoxy) is 1. The summed E-state index contributed by atoms with van der Waals surface area (Å²) in [4.78, 5) is 10.6. The minimum atomic E-state index is -4.94. The van der Waals surface area contributed by atoms with Gasteiger partial charge in [0.15, 0.2) is 0 Å². The summed E-state index contributed by atoms with van der Waals surface area (Å²) in [6.07, 6.45) is -9.75. The molecule has 0 radical (unpaired) electrons. The van der Waals surface area contributed by atoms with Crippen molar-refractivity contribution in [3.8, 4) is 5.75 Å². The van der Waals surface area contributed by atoms with Gasteiger partial charge in [0.1, 0.15) is 12.0 Å². The molecule has 0 fully saturated rings. The summed E-state index contributed by atoms with van der Waals surface area (Å²) in [6.45, 7) is 0. The molecule has 26 heavy (non-hydrogen) atoms. The fourth-order valence-corrected chi connectivity index (χ4v) is 3.02. The highest BCUT2D eigenvalue weighted by Crippen LogP contribution is 2.51. The van der Waals surface area contributed by atoms with E-state index in [9.17, 15) is 31.1 Å². The number of hydrogen-bond donors (Lipinski definition) is 0. The van der Waals surface area contributed by atoms with Crippen molar-refractivity contribution in [2.24, 2.45) is 0 Å². The number of halogens is 6. The monoisotopic (exact) mass is 374 g/mol. The van der Waals surface area contributed by atoms with E-state index in [0.717, 1.165) is 12.1 Å². The Kier molecular flexibility index (Phi) is 4.24. The van der Waals surface area contributed by atoms with E-state index in [1.54, 1.807) is 0 Å². The average molecular weight is 374 g/mol. The molecular formula is C18H12F6O2. The van der Waals surface area contributed by atoms with Crippen molar-refractivity contribution in [2.75, 3.05) is 0 Å². The van der Waals surface area contributed by atoms with Gasteiger partial charge in [-0.1, -0.05) is 24.3 Å². The average Bonchev–Trinajstić information content (AvgIpc) is 2.94. The third kappa shape index (κ3) is 3.04. The Bertz CT molecular complexity index is 840. The van der Waals surface area contributed by atoms with Crippen molar-refractivity contribution in [3.05, 3.63) is 64.7 Å². The molecule has 1 aliphatic rings. The van der Waals surface area contributed by atoms with Crippen LogP contribution in [0.4, 0.5) is 26.3 Å². The molecule has 3 rings (SSSR count). The number of carbonyl (C=O) groups is 1. The smallest absolute Gasteiger partial charge is 0.432 e. The van der Waals surface area contributed by atoms with Gasteiger partial charge < -0.3 is 9.53 Å². The summed E-state index contributed by atoms with van der Waals surface area (Å²) in [5.74, 6) is -0.0608. The first-order valence-electron chi connectivity index (χ1n) is 7.56. The van der Waals surface area contributed by atoms with E-state index in [0.29, 0.717) is 24.0 Å². The maximum Gasteiger partial charge on any atom is 0.432 e. The third-order valence-corrected chi connectivity index (χ3v) is 4.28. The molecule has 0 saturated heterocycles. The van der Waals surface area contributed by atoms with Crippen molar-refractivity contribution >= 4 is 6.29 Å². The van der Waals surface area contributed by atoms with E-state index < -0.39 is 35.5 Å². The minimum Gasteiger partial charge on any atom is -0.472 e. The topological polar surface area (TPSA) is 26.3 Å². The van der Waals surface area contributed by atoms with E-state index in [-0.39, 0.29) is 17.7 Å². The van der Waals surface area contributed by atoms with Gasteiger partial charge in [0.2, 0.25) is 5.60 Å². The Hall–Kier alpha value is -2.51. The van der Waals surface area contributed by atoms with Crippen LogP contribution in [0.5, 0.6) is 5.75 Å². The zero-order valence-electron chi connectivity index (χ0n) is 13.1. The SMILES string of the molecule is O=CCc1ccc2c(c1)CC(c1cccc(C(F)(F)F)c1)(C(F)(F)F)O2. The predicted octanol–water partition coefficient (Wildman–Crippen LogP) is 4.84. The zero-order valence-corrected chi connectivity index (χ0v) is 13.1. The molecule has 1 aliphatic heterocycles. The molecule has 1 heterocycles. The minimum absolute atomic E-state index is 0.0237. The Morgan fingerprint density at radius 2 is 1.77 bits per heavy atom. The molecule has 1 unspecified atom stereocenters. The van der Waals surface area contributed by atoms with Crippen LogP contribution in [0.25, 0.3) is 0 Å². The highest BCUT2D eigenvalue weighted by Gasteiger charge is 2.61. The molecule has 0 saturated carbocycles. The van der Waals surface area contributed by atoms with Crippen LogP contribution in [0.3, 0.4) is 0 Å². The maximum absolute atomic E-state index is 13.9. The number of fused-ring (bicyclic) bond motifs is 1. The van der Waals surface area contributed by atoms with Gasteiger partial charge in [0, 0.05) is 18.4 Å². The number of benzene rings is 2. The van der Waals surface area contributed by atoms with Crippen LogP contribution in [0.1, 0.15) is 22.3 Å². The zero-order chi connectivity index (χ0) is 19.2. The third-order valence-electron chi connectivity index (χ3n) is 4.28. The van der Waals surface area contributed by atoms with Gasteiger partial charge in [0.25, 0.3) is 0 Å².